The molecule has 0 bridgehead atoms. The predicted molar refractivity (Wildman–Crippen MR) is 98.8 cm³/mol. The Kier molecular flexibility index (Phi) is 3.93. The van der Waals surface area contributed by atoms with E-state index in [9.17, 15) is 0 Å². The SMILES string of the molecule is CCn1nc2nc(-c3cncc(OC)c3)cc(-c3nccs3)c2c1C. The van der Waals surface area contributed by atoms with E-state index in [0.29, 0.717) is 5.75 Å². The summed E-state index contributed by atoms with van der Waals surface area (Å²) in [5.41, 5.74) is 4.58. The van der Waals surface area contributed by atoms with Crippen LogP contribution in [0.2, 0.25) is 0 Å². The lowest BCUT2D eigenvalue weighted by Crippen LogP contribution is -1.98. The molecule has 0 aromatic carbocycles. The van der Waals surface area contributed by atoms with E-state index in [4.69, 9.17) is 9.72 Å². The van der Waals surface area contributed by atoms with Gasteiger partial charge in [-0.2, -0.15) is 5.10 Å². The molecule has 0 atom stereocenters. The van der Waals surface area contributed by atoms with Crippen LogP contribution in [0.1, 0.15) is 12.6 Å². The third-order valence-corrected chi connectivity index (χ3v) is 4.98. The van der Waals surface area contributed by atoms with Gasteiger partial charge in [-0.15, -0.1) is 11.3 Å². The molecule has 0 unspecified atom stereocenters. The maximum absolute atomic E-state index is 5.29. The average molecular weight is 351 g/mol. The molecule has 4 heterocycles. The Morgan fingerprint density at radius 3 is 2.84 bits per heavy atom. The van der Waals surface area contributed by atoms with Gasteiger partial charge in [-0.05, 0) is 26.0 Å². The van der Waals surface area contributed by atoms with Crippen LogP contribution in [-0.4, -0.2) is 31.8 Å². The van der Waals surface area contributed by atoms with Crippen LogP contribution in [0.4, 0.5) is 0 Å². The summed E-state index contributed by atoms with van der Waals surface area (Å²) >= 11 is 1.61. The summed E-state index contributed by atoms with van der Waals surface area (Å²) in [6, 6.07) is 3.99. The molecule has 0 aliphatic heterocycles. The van der Waals surface area contributed by atoms with Crippen LogP contribution >= 0.6 is 11.3 Å². The number of pyridine rings is 2. The molecule has 0 radical (unpaired) electrons. The lowest BCUT2D eigenvalue weighted by molar-refractivity contribution is 0.413. The van der Waals surface area contributed by atoms with Crippen molar-refractivity contribution in [2.75, 3.05) is 7.11 Å². The molecule has 0 N–H and O–H groups in total. The highest BCUT2D eigenvalue weighted by Gasteiger charge is 2.17. The van der Waals surface area contributed by atoms with Crippen LogP contribution in [0.5, 0.6) is 5.75 Å². The number of methoxy groups -OCH3 is 1. The van der Waals surface area contributed by atoms with E-state index in [2.05, 4.69) is 35.0 Å². The Bertz CT molecular complexity index is 1040. The lowest BCUT2D eigenvalue weighted by atomic mass is 10.1. The van der Waals surface area contributed by atoms with Crippen LogP contribution in [0, 0.1) is 6.92 Å². The molecular formula is C18H17N5OS. The topological polar surface area (TPSA) is 65.7 Å². The predicted octanol–water partition coefficient (Wildman–Crippen LogP) is 3.95. The number of fused-ring (bicyclic) bond motifs is 1. The Labute approximate surface area is 149 Å². The first-order valence-corrected chi connectivity index (χ1v) is 8.86. The minimum absolute atomic E-state index is 0.700. The zero-order valence-corrected chi connectivity index (χ0v) is 15.0. The first-order chi connectivity index (χ1) is 12.2. The van der Waals surface area contributed by atoms with Gasteiger partial charge in [0.05, 0.1) is 24.4 Å². The molecule has 4 aromatic heterocycles. The van der Waals surface area contributed by atoms with Gasteiger partial charge < -0.3 is 4.74 Å². The minimum Gasteiger partial charge on any atom is -0.495 e. The molecule has 0 aliphatic rings. The highest BCUT2D eigenvalue weighted by atomic mass is 32.1. The lowest BCUT2D eigenvalue weighted by Gasteiger charge is -2.07. The molecule has 4 aromatic rings. The fourth-order valence-corrected chi connectivity index (χ4v) is 3.59. The van der Waals surface area contributed by atoms with E-state index in [1.54, 1.807) is 30.8 Å². The second-order valence-electron chi connectivity index (χ2n) is 5.61. The number of hydrogen-bond acceptors (Lipinski definition) is 6. The molecule has 0 aliphatic carbocycles. The maximum Gasteiger partial charge on any atom is 0.182 e. The molecule has 0 spiro atoms. The first kappa shape index (κ1) is 15.7. The summed E-state index contributed by atoms with van der Waals surface area (Å²) in [5.74, 6) is 0.700. The molecule has 126 valence electrons. The van der Waals surface area contributed by atoms with Crippen LogP contribution in [0.3, 0.4) is 0 Å². The Hall–Kier alpha value is -2.80. The number of rotatable bonds is 4. The molecule has 0 saturated heterocycles. The van der Waals surface area contributed by atoms with Crippen LogP contribution in [0.25, 0.3) is 32.9 Å². The molecule has 7 heteroatoms. The normalized spacial score (nSPS) is 11.2. The Morgan fingerprint density at radius 1 is 1.24 bits per heavy atom. The van der Waals surface area contributed by atoms with Crippen molar-refractivity contribution in [2.24, 2.45) is 0 Å². The second-order valence-corrected chi connectivity index (χ2v) is 6.50. The highest BCUT2D eigenvalue weighted by Crippen LogP contribution is 2.35. The fourth-order valence-electron chi connectivity index (χ4n) is 2.93. The van der Waals surface area contributed by atoms with E-state index in [-0.39, 0.29) is 0 Å². The Balaban J connectivity index is 2.01. The van der Waals surface area contributed by atoms with Crippen LogP contribution in [0.15, 0.2) is 36.1 Å². The zero-order valence-electron chi connectivity index (χ0n) is 14.2. The monoisotopic (exact) mass is 351 g/mol. The Morgan fingerprint density at radius 2 is 2.12 bits per heavy atom. The van der Waals surface area contributed by atoms with Crippen molar-refractivity contribution in [1.29, 1.82) is 0 Å². The first-order valence-electron chi connectivity index (χ1n) is 7.98. The molecule has 25 heavy (non-hydrogen) atoms. The summed E-state index contributed by atoms with van der Waals surface area (Å²) in [4.78, 5) is 13.5. The molecular weight excluding hydrogens is 334 g/mol. The summed E-state index contributed by atoms with van der Waals surface area (Å²) < 4.78 is 7.26. The molecule has 6 nitrogen and oxygen atoms in total. The summed E-state index contributed by atoms with van der Waals surface area (Å²) in [6.07, 6.45) is 5.28. The third-order valence-electron chi connectivity index (χ3n) is 4.17. The minimum atomic E-state index is 0.700. The number of hydrogen-bond donors (Lipinski definition) is 0. The van der Waals surface area contributed by atoms with E-state index in [0.717, 1.165) is 45.1 Å². The van der Waals surface area contributed by atoms with Crippen molar-refractivity contribution in [2.45, 2.75) is 20.4 Å². The van der Waals surface area contributed by atoms with Crippen molar-refractivity contribution < 1.29 is 4.74 Å². The van der Waals surface area contributed by atoms with E-state index >= 15 is 0 Å². The average Bonchev–Trinajstić information content (AvgIpc) is 3.29. The smallest absolute Gasteiger partial charge is 0.182 e. The number of aromatic nitrogens is 5. The van der Waals surface area contributed by atoms with Crippen molar-refractivity contribution in [3.63, 3.8) is 0 Å². The van der Waals surface area contributed by atoms with Gasteiger partial charge in [0.25, 0.3) is 0 Å². The van der Waals surface area contributed by atoms with Gasteiger partial charge in [0.1, 0.15) is 10.8 Å². The quantitative estimate of drug-likeness (QED) is 0.557. The van der Waals surface area contributed by atoms with Gasteiger partial charge >= 0.3 is 0 Å². The highest BCUT2D eigenvalue weighted by molar-refractivity contribution is 7.13. The van der Waals surface area contributed by atoms with Gasteiger partial charge in [-0.3, -0.25) is 9.67 Å². The zero-order chi connectivity index (χ0) is 17.4. The molecule has 0 fully saturated rings. The molecule has 4 rings (SSSR count). The van der Waals surface area contributed by atoms with E-state index < -0.39 is 0 Å². The number of nitrogens with zero attached hydrogens (tertiary/aromatic N) is 5. The third kappa shape index (κ3) is 2.66. The summed E-state index contributed by atoms with van der Waals surface area (Å²) in [5, 5.41) is 8.65. The van der Waals surface area contributed by atoms with Crippen molar-refractivity contribution in [1.82, 2.24) is 24.7 Å². The molecule has 0 amide bonds. The van der Waals surface area contributed by atoms with Crippen molar-refractivity contribution >= 4 is 22.4 Å². The number of thiazole rings is 1. The van der Waals surface area contributed by atoms with Gasteiger partial charge in [-0.25, -0.2) is 9.97 Å². The fraction of sp³-hybridized carbons (Fsp3) is 0.222. The van der Waals surface area contributed by atoms with Crippen LogP contribution < -0.4 is 4.74 Å². The van der Waals surface area contributed by atoms with Crippen LogP contribution in [-0.2, 0) is 6.54 Å². The number of ether oxygens (including phenoxy) is 1. The van der Waals surface area contributed by atoms with Gasteiger partial charge in [0.2, 0.25) is 0 Å². The van der Waals surface area contributed by atoms with E-state index in [1.807, 2.05) is 22.3 Å². The summed E-state index contributed by atoms with van der Waals surface area (Å²) in [6.45, 7) is 4.95. The van der Waals surface area contributed by atoms with E-state index in [1.165, 1.54) is 0 Å². The standard InChI is InChI=1S/C18H17N5OS/c1-4-23-11(2)16-14(18-20-5-6-25-18)8-15(21-17(16)22-23)12-7-13(24-3)10-19-9-12/h5-10H,4H2,1-3H3. The largest absolute Gasteiger partial charge is 0.495 e. The van der Waals surface area contributed by atoms with Crippen molar-refractivity contribution in [3.8, 4) is 27.6 Å². The maximum atomic E-state index is 5.29. The van der Waals surface area contributed by atoms with Gasteiger partial charge in [0.15, 0.2) is 5.65 Å². The van der Waals surface area contributed by atoms with Gasteiger partial charge in [0, 0.05) is 41.1 Å². The van der Waals surface area contributed by atoms with Gasteiger partial charge in [-0.1, -0.05) is 0 Å². The number of aryl methyl sites for hydroxylation is 2. The summed E-state index contributed by atoms with van der Waals surface area (Å²) in [7, 11) is 1.63. The second kappa shape index (κ2) is 6.25. The molecule has 0 saturated carbocycles. The van der Waals surface area contributed by atoms with Crippen molar-refractivity contribution in [3.05, 3.63) is 41.8 Å².